The summed E-state index contributed by atoms with van der Waals surface area (Å²) in [5.74, 6) is 0. The fourth-order valence-corrected chi connectivity index (χ4v) is 4.56. The number of hydrogen-bond acceptors (Lipinski definition) is 0. The predicted molar refractivity (Wildman–Crippen MR) is 146 cm³/mol. The van der Waals surface area contributed by atoms with Crippen molar-refractivity contribution in [2.24, 2.45) is 0 Å². The second-order valence-corrected chi connectivity index (χ2v) is 10.0. The molecule has 0 saturated heterocycles. The van der Waals surface area contributed by atoms with E-state index in [2.05, 4.69) is 55.5 Å². The topological polar surface area (TPSA) is 0 Å². The third-order valence-corrected chi connectivity index (χ3v) is 6.80. The van der Waals surface area contributed by atoms with Gasteiger partial charge in [-0.05, 0) is 11.1 Å². The summed E-state index contributed by atoms with van der Waals surface area (Å²) in [6.45, 7) is 2.30. The van der Waals surface area contributed by atoms with Crippen LogP contribution < -0.4 is 0 Å². The Labute approximate surface area is 197 Å². The van der Waals surface area contributed by atoms with Crippen LogP contribution in [0.1, 0.15) is 110 Å². The molecule has 0 atom stereocenters. The Morgan fingerprint density at radius 3 is 1.00 bits per heavy atom. The molecular weight excluding hydrogens is 388 g/mol. The second kappa shape index (κ2) is 21.9. The maximum atomic E-state index is 2.30. The van der Waals surface area contributed by atoms with Gasteiger partial charge < -0.3 is 0 Å². The molecule has 0 bridgehead atoms. The van der Waals surface area contributed by atoms with Gasteiger partial charge in [0.15, 0.2) is 0 Å². The Morgan fingerprint density at radius 1 is 0.419 bits per heavy atom. The fraction of sp³-hybridized carbons (Fsp3) is 0.600. The molecule has 0 fully saturated rings. The average Bonchev–Trinajstić information content (AvgIpc) is 2.83. The third kappa shape index (κ3) is 17.0. The summed E-state index contributed by atoms with van der Waals surface area (Å²) < 4.78 is 0. The van der Waals surface area contributed by atoms with Crippen LogP contribution in [0, 0.1) is 0 Å². The lowest BCUT2D eigenvalue weighted by Crippen LogP contribution is -1.83. The molecule has 0 aliphatic carbocycles. The molecule has 0 amide bonds. The van der Waals surface area contributed by atoms with Crippen molar-refractivity contribution >= 4 is 10.2 Å². The van der Waals surface area contributed by atoms with Crippen LogP contribution in [0.15, 0.2) is 60.7 Å². The van der Waals surface area contributed by atoms with Crippen LogP contribution in [-0.4, -0.2) is 10.2 Å². The van der Waals surface area contributed by atoms with Gasteiger partial charge in [0.05, 0.1) is 0 Å². The molecule has 2 rings (SSSR count). The van der Waals surface area contributed by atoms with E-state index in [0.717, 1.165) is 0 Å². The predicted octanol–water partition coefficient (Wildman–Crippen LogP) is 9.39. The summed E-state index contributed by atoms with van der Waals surface area (Å²) in [6, 6.07) is 22.3. The zero-order valence-electron chi connectivity index (χ0n) is 20.8. The lowest BCUT2D eigenvalue weighted by atomic mass is 10.0. The SMILES string of the molecule is CCCCCCCCCCCCCCCCCC[SiH3].c1ccc(-c2ccccc2)cc1. The van der Waals surface area contributed by atoms with E-state index in [-0.39, 0.29) is 0 Å². The van der Waals surface area contributed by atoms with Crippen LogP contribution in [0.3, 0.4) is 0 Å². The molecule has 0 aliphatic rings. The summed E-state index contributed by atoms with van der Waals surface area (Å²) in [5.41, 5.74) is 2.55. The van der Waals surface area contributed by atoms with Gasteiger partial charge in [-0.3, -0.25) is 0 Å². The highest BCUT2D eigenvalue weighted by Gasteiger charge is 1.94. The van der Waals surface area contributed by atoms with Gasteiger partial charge in [-0.1, -0.05) is 176 Å². The van der Waals surface area contributed by atoms with Crippen molar-refractivity contribution in [3.8, 4) is 11.1 Å². The maximum absolute atomic E-state index is 2.30. The van der Waals surface area contributed by atoms with E-state index in [1.807, 2.05) is 12.1 Å². The zero-order valence-corrected chi connectivity index (χ0v) is 22.8. The molecule has 2 aromatic carbocycles. The number of benzene rings is 2. The van der Waals surface area contributed by atoms with E-state index in [1.54, 1.807) is 0 Å². The van der Waals surface area contributed by atoms with Crippen LogP contribution in [0.2, 0.25) is 6.04 Å². The molecule has 0 aliphatic heterocycles. The van der Waals surface area contributed by atoms with Gasteiger partial charge in [-0.2, -0.15) is 0 Å². The number of unbranched alkanes of at least 4 members (excludes halogenated alkanes) is 15. The van der Waals surface area contributed by atoms with E-state index >= 15 is 0 Å². The van der Waals surface area contributed by atoms with Crippen LogP contribution >= 0.6 is 0 Å². The van der Waals surface area contributed by atoms with Crippen molar-refractivity contribution in [3.63, 3.8) is 0 Å². The molecule has 0 aromatic heterocycles. The Morgan fingerprint density at radius 2 is 0.710 bits per heavy atom. The molecule has 0 N–H and O–H groups in total. The van der Waals surface area contributed by atoms with Crippen molar-refractivity contribution < 1.29 is 0 Å². The molecule has 2 aromatic rings. The van der Waals surface area contributed by atoms with E-state index < -0.39 is 0 Å². The number of hydrogen-bond donors (Lipinski definition) is 0. The van der Waals surface area contributed by atoms with E-state index in [9.17, 15) is 0 Å². The molecule has 0 spiro atoms. The zero-order chi connectivity index (χ0) is 22.2. The van der Waals surface area contributed by atoms with Crippen molar-refractivity contribution in [1.82, 2.24) is 0 Å². The van der Waals surface area contributed by atoms with E-state index in [0.29, 0.717) is 0 Å². The highest BCUT2D eigenvalue weighted by molar-refractivity contribution is 6.08. The molecule has 31 heavy (non-hydrogen) atoms. The van der Waals surface area contributed by atoms with Crippen molar-refractivity contribution in [2.75, 3.05) is 0 Å². The molecular formula is C30H50Si. The van der Waals surface area contributed by atoms with Gasteiger partial charge in [0.1, 0.15) is 0 Å². The maximum Gasteiger partial charge on any atom is 0.00279 e. The monoisotopic (exact) mass is 438 g/mol. The first-order chi connectivity index (χ1) is 15.4. The molecule has 174 valence electrons. The quantitative estimate of drug-likeness (QED) is 0.170. The van der Waals surface area contributed by atoms with Gasteiger partial charge in [-0.15, -0.1) is 0 Å². The van der Waals surface area contributed by atoms with Gasteiger partial charge in [0.25, 0.3) is 0 Å². The van der Waals surface area contributed by atoms with Gasteiger partial charge in [0.2, 0.25) is 0 Å². The number of rotatable bonds is 17. The Bertz CT molecular complexity index is 524. The molecule has 0 heterocycles. The standard InChI is InChI=1S/C18H40Si.C12H10/c1-2-3-4-5-6-7-8-9-10-11-12-13-14-15-16-17-18-19;1-3-7-11(8-4-1)12-9-5-2-6-10-12/h2-18H2,1,19H3;1-10H. The highest BCUT2D eigenvalue weighted by Crippen LogP contribution is 2.17. The van der Waals surface area contributed by atoms with E-state index in [1.165, 1.54) is 130 Å². The fourth-order valence-electron chi connectivity index (χ4n) is 4.06. The van der Waals surface area contributed by atoms with Gasteiger partial charge >= 0.3 is 0 Å². The smallest absolute Gasteiger partial charge is 0.00279 e. The first kappa shape index (κ1) is 27.7. The second-order valence-electron chi connectivity index (χ2n) is 9.04. The van der Waals surface area contributed by atoms with Crippen LogP contribution in [0.5, 0.6) is 0 Å². The Balaban J connectivity index is 0.000000339. The van der Waals surface area contributed by atoms with Gasteiger partial charge in [0, 0.05) is 10.2 Å². The molecule has 0 nitrogen and oxygen atoms in total. The average molecular weight is 439 g/mol. The Hall–Kier alpha value is -1.34. The summed E-state index contributed by atoms with van der Waals surface area (Å²) in [6.07, 6.45) is 23.7. The lowest BCUT2D eigenvalue weighted by Gasteiger charge is -2.03. The molecule has 0 saturated carbocycles. The van der Waals surface area contributed by atoms with Crippen LogP contribution in [0.4, 0.5) is 0 Å². The molecule has 1 heteroatoms. The van der Waals surface area contributed by atoms with Crippen molar-refractivity contribution in [2.45, 2.75) is 116 Å². The van der Waals surface area contributed by atoms with Crippen molar-refractivity contribution in [3.05, 3.63) is 60.7 Å². The normalized spacial score (nSPS) is 10.6. The Kier molecular flexibility index (Phi) is 19.5. The third-order valence-electron chi connectivity index (χ3n) is 6.09. The minimum atomic E-state index is 1.28. The summed E-state index contributed by atoms with van der Waals surface area (Å²) >= 11 is 0. The van der Waals surface area contributed by atoms with Gasteiger partial charge in [-0.25, -0.2) is 0 Å². The molecule has 0 radical (unpaired) electrons. The van der Waals surface area contributed by atoms with Crippen LogP contribution in [0.25, 0.3) is 11.1 Å². The summed E-state index contributed by atoms with van der Waals surface area (Å²) in [4.78, 5) is 0. The van der Waals surface area contributed by atoms with E-state index in [4.69, 9.17) is 0 Å². The minimum absolute atomic E-state index is 1.28. The highest BCUT2D eigenvalue weighted by atomic mass is 28.1. The minimum Gasteiger partial charge on any atom is -0.0658 e. The van der Waals surface area contributed by atoms with Crippen molar-refractivity contribution in [1.29, 1.82) is 0 Å². The molecule has 0 unspecified atom stereocenters. The summed E-state index contributed by atoms with van der Waals surface area (Å²) in [5, 5.41) is 0. The first-order valence-electron chi connectivity index (χ1n) is 13.5. The van der Waals surface area contributed by atoms with Crippen LogP contribution in [-0.2, 0) is 0 Å². The first-order valence-corrected chi connectivity index (χ1v) is 14.9. The largest absolute Gasteiger partial charge is 0.0658 e. The summed E-state index contributed by atoms with van der Waals surface area (Å²) in [7, 11) is 1.41. The lowest BCUT2D eigenvalue weighted by molar-refractivity contribution is 0.531.